The van der Waals surface area contributed by atoms with Crippen molar-refractivity contribution in [1.29, 1.82) is 0 Å². The van der Waals surface area contributed by atoms with Gasteiger partial charge in [0, 0.05) is 0 Å². The van der Waals surface area contributed by atoms with Crippen molar-refractivity contribution < 1.29 is 19.0 Å². The van der Waals surface area contributed by atoms with Crippen LogP contribution in [-0.4, -0.2) is 32.5 Å². The number of hydrogen-bond acceptors (Lipinski definition) is 4. The molecule has 4 nitrogen and oxygen atoms in total. The monoisotopic (exact) mass is 296 g/mol. The minimum atomic E-state index is 0.101. The van der Waals surface area contributed by atoms with Crippen molar-refractivity contribution in [2.75, 3.05) is 21.3 Å². The Balaban J connectivity index is 2.33. The Labute approximate surface area is 121 Å². The highest BCUT2D eigenvalue weighted by Crippen LogP contribution is 2.44. The van der Waals surface area contributed by atoms with E-state index in [-0.39, 0.29) is 14.1 Å². The molecule has 1 fully saturated rings. The van der Waals surface area contributed by atoms with Crippen LogP contribution in [0.4, 0.5) is 0 Å². The first kappa shape index (κ1) is 15.1. The molecule has 0 N–H and O–H groups in total. The summed E-state index contributed by atoms with van der Waals surface area (Å²) < 4.78 is 16.0. The van der Waals surface area contributed by atoms with Crippen molar-refractivity contribution in [2.45, 2.75) is 31.3 Å². The molecule has 0 saturated heterocycles. The van der Waals surface area contributed by atoms with E-state index in [1.165, 1.54) is 12.8 Å². The normalized spacial score (nSPS) is 15.8. The number of ether oxygens (including phenoxy) is 3. The van der Waals surface area contributed by atoms with E-state index in [2.05, 4.69) is 0 Å². The molecule has 0 bridgehead atoms. The number of rotatable bonds is 6. The molecule has 1 aliphatic carbocycles. The SMILES string of the molecule is COc1ccc(OC)c(C(=O)PC2CCCC2)c1OC. The van der Waals surface area contributed by atoms with Crippen LogP contribution in [0.15, 0.2) is 12.1 Å². The van der Waals surface area contributed by atoms with Gasteiger partial charge >= 0.3 is 0 Å². The Kier molecular flexibility index (Phi) is 5.24. The fraction of sp³-hybridized carbons (Fsp3) is 0.533. The molecule has 110 valence electrons. The summed E-state index contributed by atoms with van der Waals surface area (Å²) in [6.07, 6.45) is 4.77. The summed E-state index contributed by atoms with van der Waals surface area (Å²) in [5.74, 6) is 1.59. The van der Waals surface area contributed by atoms with Gasteiger partial charge in [0.1, 0.15) is 11.3 Å². The van der Waals surface area contributed by atoms with Crippen LogP contribution in [-0.2, 0) is 0 Å². The Bertz CT molecular complexity index is 481. The lowest BCUT2D eigenvalue weighted by Gasteiger charge is -2.16. The van der Waals surface area contributed by atoms with Gasteiger partial charge < -0.3 is 14.2 Å². The summed E-state index contributed by atoms with van der Waals surface area (Å²) in [5, 5.41) is 0. The van der Waals surface area contributed by atoms with Gasteiger partial charge in [-0.3, -0.25) is 4.79 Å². The lowest BCUT2D eigenvalue weighted by Crippen LogP contribution is -2.06. The largest absolute Gasteiger partial charge is 0.496 e. The van der Waals surface area contributed by atoms with E-state index >= 15 is 0 Å². The van der Waals surface area contributed by atoms with Gasteiger partial charge in [-0.2, -0.15) is 0 Å². The first-order valence-corrected chi connectivity index (χ1v) is 7.88. The third-order valence-electron chi connectivity index (χ3n) is 3.64. The summed E-state index contributed by atoms with van der Waals surface area (Å²) in [7, 11) is 4.96. The van der Waals surface area contributed by atoms with Gasteiger partial charge in [-0.1, -0.05) is 12.8 Å². The van der Waals surface area contributed by atoms with E-state index in [1.54, 1.807) is 33.5 Å². The quantitative estimate of drug-likeness (QED) is 0.754. The average Bonchev–Trinajstić information content (AvgIpc) is 2.98. The lowest BCUT2D eigenvalue weighted by atomic mass is 10.1. The van der Waals surface area contributed by atoms with Crippen LogP contribution < -0.4 is 14.2 Å². The molecule has 0 heterocycles. The second kappa shape index (κ2) is 6.94. The van der Waals surface area contributed by atoms with Crippen molar-refractivity contribution >= 4 is 14.1 Å². The average molecular weight is 296 g/mol. The number of methoxy groups -OCH3 is 3. The zero-order chi connectivity index (χ0) is 14.5. The predicted molar refractivity (Wildman–Crippen MR) is 81.0 cm³/mol. The Morgan fingerprint density at radius 3 is 2.20 bits per heavy atom. The van der Waals surface area contributed by atoms with Gasteiger partial charge in [0.15, 0.2) is 17.0 Å². The van der Waals surface area contributed by atoms with Gasteiger partial charge in [0.25, 0.3) is 0 Å². The van der Waals surface area contributed by atoms with Crippen LogP contribution in [0, 0.1) is 0 Å². The molecule has 0 amide bonds. The van der Waals surface area contributed by atoms with Crippen LogP contribution in [0.3, 0.4) is 0 Å². The summed E-state index contributed by atoms with van der Waals surface area (Å²) in [6, 6.07) is 3.51. The molecule has 20 heavy (non-hydrogen) atoms. The Morgan fingerprint density at radius 2 is 1.65 bits per heavy atom. The first-order chi connectivity index (χ1) is 9.71. The van der Waals surface area contributed by atoms with Crippen molar-refractivity contribution in [3.05, 3.63) is 17.7 Å². The Morgan fingerprint density at radius 1 is 1.05 bits per heavy atom. The molecule has 1 aromatic carbocycles. The molecule has 0 aromatic heterocycles. The van der Waals surface area contributed by atoms with E-state index in [1.807, 2.05) is 0 Å². The van der Waals surface area contributed by atoms with E-state index in [0.717, 1.165) is 12.8 Å². The van der Waals surface area contributed by atoms with Crippen LogP contribution in [0.2, 0.25) is 0 Å². The molecule has 0 radical (unpaired) electrons. The molecule has 0 aliphatic heterocycles. The highest BCUT2D eigenvalue weighted by molar-refractivity contribution is 7.59. The second-order valence-electron chi connectivity index (χ2n) is 4.83. The number of carbonyl (C=O) groups excluding carboxylic acids is 1. The van der Waals surface area contributed by atoms with Crippen molar-refractivity contribution in [3.8, 4) is 17.2 Å². The van der Waals surface area contributed by atoms with Crippen molar-refractivity contribution in [2.24, 2.45) is 0 Å². The first-order valence-electron chi connectivity index (χ1n) is 6.81. The predicted octanol–water partition coefficient (Wildman–Crippen LogP) is 3.47. The van der Waals surface area contributed by atoms with Crippen LogP contribution in [0.5, 0.6) is 17.2 Å². The standard InChI is InChI=1S/C15H21O4P/c1-17-11-8-9-12(18-2)14(19-3)13(11)15(16)20-10-6-4-5-7-10/h8-10,20H,4-7H2,1-3H3. The molecular weight excluding hydrogens is 275 g/mol. The molecule has 0 spiro atoms. The topological polar surface area (TPSA) is 44.8 Å². The van der Waals surface area contributed by atoms with E-state index in [0.29, 0.717) is 28.5 Å². The molecule has 2 rings (SSSR count). The summed E-state index contributed by atoms with van der Waals surface area (Å²) >= 11 is 0. The molecule has 1 unspecified atom stereocenters. The molecule has 1 atom stereocenters. The summed E-state index contributed by atoms with van der Waals surface area (Å²) in [6.45, 7) is 0. The minimum Gasteiger partial charge on any atom is -0.496 e. The molecular formula is C15H21O4P. The summed E-state index contributed by atoms with van der Waals surface area (Å²) in [4.78, 5) is 12.6. The van der Waals surface area contributed by atoms with Crippen molar-refractivity contribution in [1.82, 2.24) is 0 Å². The van der Waals surface area contributed by atoms with E-state index < -0.39 is 0 Å². The van der Waals surface area contributed by atoms with E-state index in [4.69, 9.17) is 14.2 Å². The Hall–Kier alpha value is -1.28. The zero-order valence-corrected chi connectivity index (χ0v) is 13.2. The van der Waals surface area contributed by atoms with Gasteiger partial charge in [0.05, 0.1) is 21.3 Å². The fourth-order valence-electron chi connectivity index (χ4n) is 2.62. The third kappa shape index (κ3) is 3.06. The molecule has 1 saturated carbocycles. The van der Waals surface area contributed by atoms with Crippen LogP contribution in [0.1, 0.15) is 36.0 Å². The smallest absolute Gasteiger partial charge is 0.188 e. The number of hydrogen-bond donors (Lipinski definition) is 0. The molecule has 1 aromatic rings. The zero-order valence-electron chi connectivity index (χ0n) is 12.2. The number of benzene rings is 1. The highest BCUT2D eigenvalue weighted by Gasteiger charge is 2.26. The van der Waals surface area contributed by atoms with Crippen LogP contribution >= 0.6 is 8.58 Å². The number of carbonyl (C=O) groups is 1. The van der Waals surface area contributed by atoms with Crippen LogP contribution in [0.25, 0.3) is 0 Å². The maximum Gasteiger partial charge on any atom is 0.188 e. The molecule has 1 aliphatic rings. The van der Waals surface area contributed by atoms with Gasteiger partial charge in [-0.05, 0) is 39.2 Å². The van der Waals surface area contributed by atoms with Gasteiger partial charge in [-0.15, -0.1) is 0 Å². The van der Waals surface area contributed by atoms with Gasteiger partial charge in [-0.25, -0.2) is 0 Å². The highest BCUT2D eigenvalue weighted by atomic mass is 31.1. The van der Waals surface area contributed by atoms with Crippen molar-refractivity contribution in [3.63, 3.8) is 0 Å². The summed E-state index contributed by atoms with van der Waals surface area (Å²) in [5.41, 5.74) is 1.13. The van der Waals surface area contributed by atoms with Gasteiger partial charge in [0.2, 0.25) is 0 Å². The van der Waals surface area contributed by atoms with E-state index in [9.17, 15) is 4.79 Å². The molecule has 5 heteroatoms. The second-order valence-corrected chi connectivity index (χ2v) is 6.39. The third-order valence-corrected chi connectivity index (χ3v) is 5.14. The maximum atomic E-state index is 12.6. The lowest BCUT2D eigenvalue weighted by molar-refractivity contribution is 0.107. The fourth-order valence-corrected chi connectivity index (χ4v) is 4.07. The minimum absolute atomic E-state index is 0.101. The maximum absolute atomic E-state index is 12.6.